The van der Waals surface area contributed by atoms with Crippen LogP contribution in [0.3, 0.4) is 0 Å². The SMILES string of the molecule is Ic1cc([C@@H]2CCOC(c3ccccc3)O2)no1. The molecule has 2 atom stereocenters. The van der Waals surface area contributed by atoms with Gasteiger partial charge in [0.25, 0.3) is 0 Å². The lowest BCUT2D eigenvalue weighted by atomic mass is 10.1. The van der Waals surface area contributed by atoms with Crippen molar-refractivity contribution in [2.24, 2.45) is 0 Å². The van der Waals surface area contributed by atoms with Crippen LogP contribution in [0.1, 0.15) is 30.1 Å². The summed E-state index contributed by atoms with van der Waals surface area (Å²) in [5.74, 6) is 0. The van der Waals surface area contributed by atoms with Gasteiger partial charge in [0.2, 0.25) is 0 Å². The maximum Gasteiger partial charge on any atom is 0.196 e. The second-order valence-corrected chi connectivity index (χ2v) is 5.15. The Morgan fingerprint density at radius 2 is 2.06 bits per heavy atom. The standard InChI is InChI=1S/C13H12INO3/c14-12-8-10(15-18-12)11-6-7-16-13(17-11)9-4-2-1-3-5-9/h1-5,8,11,13H,6-7H2/t11-,13?/m0/s1. The van der Waals surface area contributed by atoms with Crippen molar-refractivity contribution >= 4 is 22.6 Å². The van der Waals surface area contributed by atoms with E-state index >= 15 is 0 Å². The largest absolute Gasteiger partial charge is 0.350 e. The monoisotopic (exact) mass is 357 g/mol. The normalized spacial score (nSPS) is 24.1. The summed E-state index contributed by atoms with van der Waals surface area (Å²) in [5, 5.41) is 4.00. The highest BCUT2D eigenvalue weighted by molar-refractivity contribution is 14.1. The Kier molecular flexibility index (Phi) is 3.62. The molecule has 0 spiro atoms. The lowest BCUT2D eigenvalue weighted by Crippen LogP contribution is -2.21. The average Bonchev–Trinajstić information content (AvgIpc) is 2.87. The van der Waals surface area contributed by atoms with E-state index in [1.807, 2.05) is 36.4 Å². The third-order valence-corrected chi connectivity index (χ3v) is 3.35. The van der Waals surface area contributed by atoms with Crippen LogP contribution in [0.2, 0.25) is 0 Å². The third kappa shape index (κ3) is 2.57. The molecule has 1 aliphatic rings. The fourth-order valence-electron chi connectivity index (χ4n) is 1.96. The maximum atomic E-state index is 5.92. The summed E-state index contributed by atoms with van der Waals surface area (Å²) < 4.78 is 17.4. The molecule has 1 unspecified atom stereocenters. The molecule has 1 aromatic carbocycles. The molecule has 18 heavy (non-hydrogen) atoms. The summed E-state index contributed by atoms with van der Waals surface area (Å²) >= 11 is 2.10. The summed E-state index contributed by atoms with van der Waals surface area (Å²) in [7, 11) is 0. The van der Waals surface area contributed by atoms with E-state index in [0.29, 0.717) is 6.61 Å². The predicted molar refractivity (Wildman–Crippen MR) is 72.8 cm³/mol. The molecule has 0 radical (unpaired) electrons. The fourth-order valence-corrected chi connectivity index (χ4v) is 2.38. The zero-order valence-electron chi connectivity index (χ0n) is 9.58. The molecule has 2 heterocycles. The second-order valence-electron chi connectivity index (χ2n) is 4.08. The maximum absolute atomic E-state index is 5.92. The minimum Gasteiger partial charge on any atom is -0.350 e. The first-order valence-electron chi connectivity index (χ1n) is 5.77. The number of halogens is 1. The number of hydrogen-bond acceptors (Lipinski definition) is 4. The fraction of sp³-hybridized carbons (Fsp3) is 0.308. The van der Waals surface area contributed by atoms with E-state index in [4.69, 9.17) is 14.0 Å². The molecule has 1 saturated heterocycles. The van der Waals surface area contributed by atoms with Crippen LogP contribution in [0, 0.1) is 3.77 Å². The van der Waals surface area contributed by atoms with Crippen molar-refractivity contribution in [1.82, 2.24) is 5.16 Å². The second kappa shape index (κ2) is 5.38. The van der Waals surface area contributed by atoms with Crippen LogP contribution >= 0.6 is 22.6 Å². The summed E-state index contributed by atoms with van der Waals surface area (Å²) in [6.45, 7) is 0.660. The Morgan fingerprint density at radius 3 is 2.78 bits per heavy atom. The molecule has 0 N–H and O–H groups in total. The van der Waals surface area contributed by atoms with Gasteiger partial charge in [-0.1, -0.05) is 35.5 Å². The summed E-state index contributed by atoms with van der Waals surface area (Å²) in [5.41, 5.74) is 1.86. The highest BCUT2D eigenvalue weighted by Gasteiger charge is 2.27. The first-order valence-corrected chi connectivity index (χ1v) is 6.85. The van der Waals surface area contributed by atoms with E-state index in [9.17, 15) is 0 Å². The van der Waals surface area contributed by atoms with Gasteiger partial charge in [-0.15, -0.1) is 0 Å². The van der Waals surface area contributed by atoms with Crippen LogP contribution < -0.4 is 0 Å². The highest BCUT2D eigenvalue weighted by Crippen LogP contribution is 2.34. The topological polar surface area (TPSA) is 44.5 Å². The van der Waals surface area contributed by atoms with Gasteiger partial charge in [-0.2, -0.15) is 0 Å². The Hall–Kier alpha value is -0.920. The van der Waals surface area contributed by atoms with Crippen molar-refractivity contribution in [3.63, 3.8) is 0 Å². The van der Waals surface area contributed by atoms with Crippen LogP contribution in [0.25, 0.3) is 0 Å². The van der Waals surface area contributed by atoms with Crippen molar-refractivity contribution in [3.05, 3.63) is 51.4 Å². The number of nitrogens with zero attached hydrogens (tertiary/aromatic N) is 1. The molecule has 5 heteroatoms. The minimum absolute atomic E-state index is 0.0591. The zero-order chi connectivity index (χ0) is 12.4. The van der Waals surface area contributed by atoms with Crippen molar-refractivity contribution in [1.29, 1.82) is 0 Å². The van der Waals surface area contributed by atoms with Gasteiger partial charge in [0.05, 0.1) is 6.61 Å². The molecule has 3 rings (SSSR count). The molecule has 1 fully saturated rings. The van der Waals surface area contributed by atoms with E-state index in [1.165, 1.54) is 0 Å². The molecule has 2 aromatic rings. The number of aromatic nitrogens is 1. The van der Waals surface area contributed by atoms with Crippen molar-refractivity contribution < 1.29 is 14.0 Å². The van der Waals surface area contributed by atoms with Crippen LogP contribution in [0.4, 0.5) is 0 Å². The van der Waals surface area contributed by atoms with Gasteiger partial charge in [-0.05, 0) is 0 Å². The molecule has 1 aliphatic heterocycles. The Bertz CT molecular complexity index is 514. The van der Waals surface area contributed by atoms with Gasteiger partial charge < -0.3 is 14.0 Å². The van der Waals surface area contributed by atoms with E-state index < -0.39 is 0 Å². The lowest BCUT2D eigenvalue weighted by molar-refractivity contribution is -0.221. The summed E-state index contributed by atoms with van der Waals surface area (Å²) in [6, 6.07) is 11.8. The molecule has 94 valence electrons. The molecule has 1 aromatic heterocycles. The van der Waals surface area contributed by atoms with Gasteiger partial charge in [0, 0.05) is 40.6 Å². The molecule has 0 bridgehead atoms. The Morgan fingerprint density at radius 1 is 1.22 bits per heavy atom. The predicted octanol–water partition coefficient (Wildman–Crippen LogP) is 3.46. The molecular formula is C13H12INO3. The van der Waals surface area contributed by atoms with E-state index in [-0.39, 0.29) is 12.4 Å². The van der Waals surface area contributed by atoms with Gasteiger partial charge in [-0.3, -0.25) is 0 Å². The Balaban J connectivity index is 1.76. The van der Waals surface area contributed by atoms with E-state index in [2.05, 4.69) is 27.7 Å². The third-order valence-electron chi connectivity index (χ3n) is 2.84. The Labute approximate surface area is 118 Å². The smallest absolute Gasteiger partial charge is 0.196 e. The molecular weight excluding hydrogens is 345 g/mol. The summed E-state index contributed by atoms with van der Waals surface area (Å²) in [4.78, 5) is 0. The number of benzene rings is 1. The van der Waals surface area contributed by atoms with Crippen LogP contribution in [-0.4, -0.2) is 11.8 Å². The number of rotatable bonds is 2. The van der Waals surface area contributed by atoms with Gasteiger partial charge in [0.15, 0.2) is 10.1 Å². The van der Waals surface area contributed by atoms with Gasteiger partial charge in [0.1, 0.15) is 11.8 Å². The first-order chi connectivity index (χ1) is 8.83. The van der Waals surface area contributed by atoms with Gasteiger partial charge >= 0.3 is 0 Å². The molecule has 0 saturated carbocycles. The minimum atomic E-state index is -0.320. The molecule has 0 aliphatic carbocycles. The van der Waals surface area contributed by atoms with E-state index in [1.54, 1.807) is 0 Å². The van der Waals surface area contributed by atoms with Crippen LogP contribution in [0.15, 0.2) is 40.9 Å². The van der Waals surface area contributed by atoms with Crippen molar-refractivity contribution in [2.45, 2.75) is 18.8 Å². The zero-order valence-corrected chi connectivity index (χ0v) is 11.7. The van der Waals surface area contributed by atoms with Gasteiger partial charge in [-0.25, -0.2) is 0 Å². The van der Waals surface area contributed by atoms with Crippen molar-refractivity contribution in [3.8, 4) is 0 Å². The highest BCUT2D eigenvalue weighted by atomic mass is 127. The van der Waals surface area contributed by atoms with Crippen molar-refractivity contribution in [2.75, 3.05) is 6.61 Å². The van der Waals surface area contributed by atoms with Crippen LogP contribution in [0.5, 0.6) is 0 Å². The number of hydrogen-bond donors (Lipinski definition) is 0. The molecule has 0 amide bonds. The number of ether oxygens (including phenoxy) is 2. The quantitative estimate of drug-likeness (QED) is 0.773. The average molecular weight is 357 g/mol. The van der Waals surface area contributed by atoms with E-state index in [0.717, 1.165) is 21.4 Å². The first kappa shape index (κ1) is 12.1. The van der Waals surface area contributed by atoms with Crippen LogP contribution in [-0.2, 0) is 9.47 Å². The molecule has 4 nitrogen and oxygen atoms in total. The summed E-state index contributed by atoms with van der Waals surface area (Å²) in [6.07, 6.45) is 0.418. The lowest BCUT2D eigenvalue weighted by Gasteiger charge is -2.29.